The van der Waals surface area contributed by atoms with E-state index in [2.05, 4.69) is 30.8 Å². The second-order valence-electron chi connectivity index (χ2n) is 5.88. The number of nitrogens with zero attached hydrogens (tertiary/aromatic N) is 4. The van der Waals surface area contributed by atoms with Gasteiger partial charge in [0.25, 0.3) is 0 Å². The van der Waals surface area contributed by atoms with Crippen LogP contribution in [0, 0.1) is 0 Å². The van der Waals surface area contributed by atoms with Crippen LogP contribution in [0.3, 0.4) is 0 Å². The molecule has 3 heterocycles. The fourth-order valence-electron chi connectivity index (χ4n) is 2.78. The lowest BCUT2D eigenvalue weighted by molar-refractivity contribution is 0.111. The fraction of sp³-hybridized carbons (Fsp3) is 0.500. The van der Waals surface area contributed by atoms with Gasteiger partial charge in [0.05, 0.1) is 19.9 Å². The van der Waals surface area contributed by atoms with Crippen LogP contribution in [0.2, 0.25) is 0 Å². The van der Waals surface area contributed by atoms with E-state index >= 15 is 0 Å². The number of aromatic nitrogens is 3. The zero-order chi connectivity index (χ0) is 18.4. The van der Waals surface area contributed by atoms with E-state index in [1.54, 1.807) is 24.3 Å². The maximum atomic E-state index is 11.5. The van der Waals surface area contributed by atoms with Crippen LogP contribution in [0.15, 0.2) is 27.8 Å². The third-order valence-corrected chi connectivity index (χ3v) is 4.19. The van der Waals surface area contributed by atoms with Gasteiger partial charge >= 0.3 is 6.09 Å². The highest BCUT2D eigenvalue weighted by molar-refractivity contribution is 5.79. The van der Waals surface area contributed by atoms with Crippen molar-refractivity contribution in [1.29, 1.82) is 0 Å². The van der Waals surface area contributed by atoms with Gasteiger partial charge in [-0.1, -0.05) is 0 Å². The van der Waals surface area contributed by atoms with Gasteiger partial charge in [-0.2, -0.15) is 0 Å². The number of aromatic amines is 1. The van der Waals surface area contributed by atoms with Gasteiger partial charge in [-0.25, -0.2) is 9.78 Å². The maximum absolute atomic E-state index is 11.5. The van der Waals surface area contributed by atoms with Crippen LogP contribution in [0.1, 0.15) is 18.7 Å². The van der Waals surface area contributed by atoms with Gasteiger partial charge in [0, 0.05) is 26.2 Å². The summed E-state index contributed by atoms with van der Waals surface area (Å²) in [6.07, 6.45) is 2.98. The van der Waals surface area contributed by atoms with Gasteiger partial charge in [-0.05, 0) is 25.0 Å². The van der Waals surface area contributed by atoms with Crippen molar-refractivity contribution in [3.05, 3.63) is 24.2 Å². The molecule has 2 aromatic rings. The predicted molar refractivity (Wildman–Crippen MR) is 94.4 cm³/mol. The lowest BCUT2D eigenvalue weighted by Gasteiger charge is -2.32. The first-order chi connectivity index (χ1) is 12.7. The number of ether oxygens (including phenoxy) is 1. The topological polar surface area (TPSA) is 121 Å². The van der Waals surface area contributed by atoms with Gasteiger partial charge in [0.2, 0.25) is 5.82 Å². The molecule has 1 saturated heterocycles. The molecule has 140 valence electrons. The number of nitrogens with one attached hydrogen (secondary N) is 3. The Morgan fingerprint density at radius 2 is 2.31 bits per heavy atom. The molecule has 2 aromatic heterocycles. The molecule has 0 aromatic carbocycles. The SMILES string of the molecule is CN=C(NCc1nc(-c2ccco2)n[nH]1)NC1CCN(C(=O)OC)CC1. The first-order valence-electron chi connectivity index (χ1n) is 8.45. The van der Waals surface area contributed by atoms with E-state index in [9.17, 15) is 4.79 Å². The van der Waals surface area contributed by atoms with Crippen LogP contribution in [0.4, 0.5) is 4.79 Å². The molecule has 10 heteroatoms. The van der Waals surface area contributed by atoms with Crippen molar-refractivity contribution in [1.82, 2.24) is 30.7 Å². The number of amides is 1. The molecule has 1 aliphatic rings. The van der Waals surface area contributed by atoms with Crippen molar-refractivity contribution < 1.29 is 13.9 Å². The number of likely N-dealkylation sites (tertiary alicyclic amines) is 1. The molecule has 1 aliphatic heterocycles. The Hall–Kier alpha value is -3.04. The monoisotopic (exact) mass is 361 g/mol. The second-order valence-corrected chi connectivity index (χ2v) is 5.88. The quantitative estimate of drug-likeness (QED) is 0.548. The summed E-state index contributed by atoms with van der Waals surface area (Å²) in [7, 11) is 3.12. The minimum Gasteiger partial charge on any atom is -0.461 e. The molecule has 1 amide bonds. The van der Waals surface area contributed by atoms with E-state index in [1.807, 2.05) is 6.07 Å². The molecule has 0 saturated carbocycles. The number of aliphatic imine (C=N–C) groups is 1. The Morgan fingerprint density at radius 1 is 1.50 bits per heavy atom. The molecule has 3 rings (SSSR count). The van der Waals surface area contributed by atoms with Crippen LogP contribution in [0.5, 0.6) is 0 Å². The highest BCUT2D eigenvalue weighted by Crippen LogP contribution is 2.14. The van der Waals surface area contributed by atoms with Crippen LogP contribution in [-0.2, 0) is 11.3 Å². The summed E-state index contributed by atoms with van der Waals surface area (Å²) in [6, 6.07) is 3.85. The van der Waals surface area contributed by atoms with Crippen molar-refractivity contribution >= 4 is 12.1 Å². The molecule has 0 atom stereocenters. The molecule has 10 nitrogen and oxygen atoms in total. The molecule has 26 heavy (non-hydrogen) atoms. The van der Waals surface area contributed by atoms with Gasteiger partial charge in [-0.3, -0.25) is 10.1 Å². The second kappa shape index (κ2) is 8.37. The van der Waals surface area contributed by atoms with Gasteiger partial charge < -0.3 is 24.7 Å². The van der Waals surface area contributed by atoms with E-state index in [0.29, 0.717) is 43.0 Å². The first kappa shape index (κ1) is 17.8. The minimum absolute atomic E-state index is 0.246. The third kappa shape index (κ3) is 4.32. The molecule has 0 unspecified atom stereocenters. The number of carbonyl (C=O) groups is 1. The number of hydrogen-bond donors (Lipinski definition) is 3. The summed E-state index contributed by atoms with van der Waals surface area (Å²) < 4.78 is 10.0. The number of piperidine rings is 1. The van der Waals surface area contributed by atoms with Crippen LogP contribution in [-0.4, -0.2) is 65.4 Å². The summed E-state index contributed by atoms with van der Waals surface area (Å²) in [5, 5.41) is 13.6. The standard InChI is InChI=1S/C16H23N7O3/c1-17-15(19-11-5-7-23(8-6-11)16(24)25-2)18-10-13-20-14(22-21-13)12-4-3-9-26-12/h3-4,9,11H,5-8,10H2,1-2H3,(H2,17,18,19)(H,20,21,22). The molecule has 0 aliphatic carbocycles. The van der Waals surface area contributed by atoms with Gasteiger partial charge in [0.1, 0.15) is 5.82 Å². The van der Waals surface area contributed by atoms with Crippen molar-refractivity contribution in [2.75, 3.05) is 27.2 Å². The highest BCUT2D eigenvalue weighted by Gasteiger charge is 2.23. The van der Waals surface area contributed by atoms with Crippen LogP contribution < -0.4 is 10.6 Å². The molecule has 0 radical (unpaired) electrons. The Bertz CT molecular complexity index is 733. The lowest BCUT2D eigenvalue weighted by atomic mass is 10.1. The number of rotatable bonds is 4. The number of H-pyrrole nitrogens is 1. The summed E-state index contributed by atoms with van der Waals surface area (Å²) in [6.45, 7) is 1.78. The molecule has 0 bridgehead atoms. The third-order valence-electron chi connectivity index (χ3n) is 4.19. The Kier molecular flexibility index (Phi) is 5.72. The normalized spacial score (nSPS) is 15.8. The zero-order valence-corrected chi connectivity index (χ0v) is 14.9. The van der Waals surface area contributed by atoms with Gasteiger partial charge in [-0.15, -0.1) is 5.10 Å². The molecule has 0 spiro atoms. The largest absolute Gasteiger partial charge is 0.461 e. The fourth-order valence-corrected chi connectivity index (χ4v) is 2.78. The summed E-state index contributed by atoms with van der Waals surface area (Å²) >= 11 is 0. The smallest absolute Gasteiger partial charge is 0.409 e. The van der Waals surface area contributed by atoms with Crippen molar-refractivity contribution in [2.45, 2.75) is 25.4 Å². The van der Waals surface area contributed by atoms with Gasteiger partial charge in [0.15, 0.2) is 11.7 Å². The summed E-state index contributed by atoms with van der Waals surface area (Å²) in [4.78, 5) is 21.8. The number of carbonyl (C=O) groups excluding carboxylic acids is 1. The van der Waals surface area contributed by atoms with Crippen molar-refractivity contribution in [3.8, 4) is 11.6 Å². The predicted octanol–water partition coefficient (Wildman–Crippen LogP) is 0.960. The lowest BCUT2D eigenvalue weighted by Crippen LogP contribution is -2.49. The zero-order valence-electron chi connectivity index (χ0n) is 14.9. The maximum Gasteiger partial charge on any atom is 0.409 e. The average Bonchev–Trinajstić information content (AvgIpc) is 3.36. The minimum atomic E-state index is -0.274. The Balaban J connectivity index is 1.46. The highest BCUT2D eigenvalue weighted by atomic mass is 16.5. The number of guanidine groups is 1. The Morgan fingerprint density at radius 3 is 2.96 bits per heavy atom. The molecule has 1 fully saturated rings. The van der Waals surface area contributed by atoms with E-state index in [-0.39, 0.29) is 12.1 Å². The molecule has 3 N–H and O–H groups in total. The van der Waals surface area contributed by atoms with Crippen molar-refractivity contribution in [2.24, 2.45) is 4.99 Å². The number of methoxy groups -OCH3 is 1. The van der Waals surface area contributed by atoms with Crippen LogP contribution in [0.25, 0.3) is 11.6 Å². The van der Waals surface area contributed by atoms with Crippen molar-refractivity contribution in [3.63, 3.8) is 0 Å². The summed E-state index contributed by atoms with van der Waals surface area (Å²) in [5.41, 5.74) is 0. The van der Waals surface area contributed by atoms with E-state index in [4.69, 9.17) is 9.15 Å². The number of furan rings is 1. The molecular formula is C16H23N7O3. The first-order valence-corrected chi connectivity index (χ1v) is 8.45. The Labute approximate surface area is 151 Å². The van der Waals surface area contributed by atoms with E-state index in [1.165, 1.54) is 7.11 Å². The molecular weight excluding hydrogens is 338 g/mol. The van der Waals surface area contributed by atoms with Crippen LogP contribution >= 0.6 is 0 Å². The summed E-state index contributed by atoms with van der Waals surface area (Å²) in [5.74, 6) is 2.50. The number of hydrogen-bond acceptors (Lipinski definition) is 6. The average molecular weight is 361 g/mol. The van der Waals surface area contributed by atoms with E-state index in [0.717, 1.165) is 12.8 Å². The van der Waals surface area contributed by atoms with E-state index < -0.39 is 0 Å².